The maximum Gasteiger partial charge on any atom is 0.265 e. The van der Waals surface area contributed by atoms with Crippen molar-refractivity contribution < 1.29 is 17.9 Å². The van der Waals surface area contributed by atoms with Gasteiger partial charge in [-0.3, -0.25) is 9.10 Å². The Kier molecular flexibility index (Phi) is 5.62. The summed E-state index contributed by atoms with van der Waals surface area (Å²) >= 11 is 5.88. The molecule has 0 aliphatic carbocycles. The fraction of sp³-hybridized carbons (Fsp3) is 0.316. The van der Waals surface area contributed by atoms with Gasteiger partial charge in [0.05, 0.1) is 17.1 Å². The van der Waals surface area contributed by atoms with Gasteiger partial charge >= 0.3 is 0 Å². The molecule has 3 rings (SSSR count). The van der Waals surface area contributed by atoms with E-state index in [2.05, 4.69) is 0 Å². The van der Waals surface area contributed by atoms with E-state index in [0.717, 1.165) is 0 Å². The molecule has 0 radical (unpaired) electrons. The Morgan fingerprint density at radius 1 is 1.15 bits per heavy atom. The molecule has 0 bridgehead atoms. The van der Waals surface area contributed by atoms with Gasteiger partial charge in [0.15, 0.2) is 6.10 Å². The summed E-state index contributed by atoms with van der Waals surface area (Å²) in [6.45, 7) is 4.72. The maximum atomic E-state index is 13.2. The molecule has 1 heterocycles. The molecule has 27 heavy (non-hydrogen) atoms. The van der Waals surface area contributed by atoms with Gasteiger partial charge in [0.1, 0.15) is 5.75 Å². The first-order valence-electron chi connectivity index (χ1n) is 8.71. The third-order valence-electron chi connectivity index (χ3n) is 4.49. The van der Waals surface area contributed by atoms with Crippen LogP contribution >= 0.6 is 11.6 Å². The summed E-state index contributed by atoms with van der Waals surface area (Å²) < 4.78 is 33.6. The third kappa shape index (κ3) is 3.75. The molecule has 1 amide bonds. The minimum atomic E-state index is -3.87. The van der Waals surface area contributed by atoms with E-state index in [9.17, 15) is 13.2 Å². The van der Waals surface area contributed by atoms with Crippen molar-refractivity contribution in [1.82, 2.24) is 4.90 Å². The van der Waals surface area contributed by atoms with E-state index in [1.54, 1.807) is 29.2 Å². The van der Waals surface area contributed by atoms with Crippen LogP contribution in [0.4, 0.5) is 5.69 Å². The minimum absolute atomic E-state index is 0.0860. The topological polar surface area (TPSA) is 66.9 Å². The average Bonchev–Trinajstić information content (AvgIpc) is 2.68. The first-order valence-corrected chi connectivity index (χ1v) is 10.5. The second-order valence-corrected chi connectivity index (χ2v) is 8.37. The van der Waals surface area contributed by atoms with Crippen molar-refractivity contribution in [1.29, 1.82) is 0 Å². The van der Waals surface area contributed by atoms with Crippen LogP contribution in [-0.4, -0.2) is 45.0 Å². The van der Waals surface area contributed by atoms with Crippen LogP contribution in [0.5, 0.6) is 5.75 Å². The van der Waals surface area contributed by atoms with Crippen molar-refractivity contribution >= 4 is 33.2 Å². The monoisotopic (exact) mass is 408 g/mol. The maximum absolute atomic E-state index is 13.2. The Balaban J connectivity index is 2.03. The molecule has 0 saturated carbocycles. The molecule has 144 valence electrons. The first kappa shape index (κ1) is 19.5. The van der Waals surface area contributed by atoms with E-state index in [-0.39, 0.29) is 17.3 Å². The Morgan fingerprint density at radius 2 is 1.78 bits per heavy atom. The Morgan fingerprint density at radius 3 is 2.41 bits per heavy atom. The fourth-order valence-corrected chi connectivity index (χ4v) is 4.63. The number of sulfonamides is 1. The molecule has 6 nitrogen and oxygen atoms in total. The minimum Gasteiger partial charge on any atom is -0.476 e. The molecule has 0 fully saturated rings. The van der Waals surface area contributed by atoms with Crippen LogP contribution in [0.3, 0.4) is 0 Å². The highest BCUT2D eigenvalue weighted by atomic mass is 35.5. The first-order chi connectivity index (χ1) is 12.9. The molecule has 8 heteroatoms. The van der Waals surface area contributed by atoms with Crippen LogP contribution in [0.2, 0.25) is 5.02 Å². The summed E-state index contributed by atoms with van der Waals surface area (Å²) in [5.74, 6) is 0.137. The van der Waals surface area contributed by atoms with Gasteiger partial charge in [0.2, 0.25) is 0 Å². The highest BCUT2D eigenvalue weighted by molar-refractivity contribution is 7.92. The number of fused-ring (bicyclic) bond motifs is 1. The predicted octanol–water partition coefficient (Wildman–Crippen LogP) is 3.16. The van der Waals surface area contributed by atoms with Gasteiger partial charge in [-0.05, 0) is 50.2 Å². The zero-order valence-electron chi connectivity index (χ0n) is 15.1. The lowest BCUT2D eigenvalue weighted by atomic mass is 10.2. The van der Waals surface area contributed by atoms with Gasteiger partial charge < -0.3 is 9.64 Å². The van der Waals surface area contributed by atoms with Crippen LogP contribution in [-0.2, 0) is 14.8 Å². The number of nitrogens with zero attached hydrogens (tertiary/aromatic N) is 2. The number of hydrogen-bond donors (Lipinski definition) is 0. The molecular weight excluding hydrogens is 388 g/mol. The van der Waals surface area contributed by atoms with Crippen LogP contribution in [0.25, 0.3) is 0 Å². The van der Waals surface area contributed by atoms with Gasteiger partial charge in [-0.2, -0.15) is 0 Å². The smallest absolute Gasteiger partial charge is 0.265 e. The molecule has 0 aromatic heterocycles. The van der Waals surface area contributed by atoms with Crippen molar-refractivity contribution in [3.8, 4) is 5.75 Å². The van der Waals surface area contributed by atoms with E-state index in [4.69, 9.17) is 16.3 Å². The number of benzene rings is 2. The molecule has 2 aromatic rings. The number of rotatable bonds is 5. The molecule has 0 spiro atoms. The van der Waals surface area contributed by atoms with Gasteiger partial charge in [-0.25, -0.2) is 8.42 Å². The summed E-state index contributed by atoms with van der Waals surface area (Å²) in [4.78, 5) is 14.5. The molecule has 1 atom stereocenters. The number of carbonyl (C=O) groups is 1. The summed E-state index contributed by atoms with van der Waals surface area (Å²) in [5, 5.41) is 0.450. The van der Waals surface area contributed by atoms with E-state index in [1.807, 2.05) is 13.8 Å². The van der Waals surface area contributed by atoms with Crippen LogP contribution < -0.4 is 9.04 Å². The zero-order chi connectivity index (χ0) is 19.6. The fourth-order valence-electron chi connectivity index (χ4n) is 3.03. The summed E-state index contributed by atoms with van der Waals surface area (Å²) in [5.41, 5.74) is 0.413. The zero-order valence-corrected chi connectivity index (χ0v) is 16.7. The number of hydrogen-bond acceptors (Lipinski definition) is 4. The summed E-state index contributed by atoms with van der Waals surface area (Å²) in [6, 6.07) is 12.8. The van der Waals surface area contributed by atoms with Gasteiger partial charge in [-0.15, -0.1) is 0 Å². The molecule has 0 N–H and O–H groups in total. The Bertz CT molecular complexity index is 927. The lowest BCUT2D eigenvalue weighted by molar-refractivity contribution is -0.138. The molecule has 0 saturated heterocycles. The van der Waals surface area contributed by atoms with Gasteiger partial charge in [-0.1, -0.05) is 23.7 Å². The quantitative estimate of drug-likeness (QED) is 0.762. The van der Waals surface area contributed by atoms with E-state index in [1.165, 1.54) is 28.6 Å². The van der Waals surface area contributed by atoms with Crippen molar-refractivity contribution in [2.45, 2.75) is 24.8 Å². The average molecular weight is 409 g/mol. The van der Waals surface area contributed by atoms with Crippen LogP contribution in [0.1, 0.15) is 13.8 Å². The Hall–Kier alpha value is -2.25. The second-order valence-electron chi connectivity index (χ2n) is 6.07. The lowest BCUT2D eigenvalue weighted by Gasteiger charge is -2.36. The highest BCUT2D eigenvalue weighted by Gasteiger charge is 2.38. The molecule has 1 aliphatic rings. The molecular formula is C19H21ClN2O4S. The van der Waals surface area contributed by atoms with Crippen LogP contribution in [0.15, 0.2) is 53.4 Å². The number of para-hydroxylation sites is 2. The molecule has 0 unspecified atom stereocenters. The molecule has 1 aliphatic heterocycles. The summed E-state index contributed by atoms with van der Waals surface area (Å²) in [7, 11) is -3.87. The van der Waals surface area contributed by atoms with Crippen molar-refractivity contribution in [3.05, 3.63) is 53.6 Å². The Labute approximate surface area is 164 Å². The number of ether oxygens (including phenoxy) is 1. The van der Waals surface area contributed by atoms with E-state index in [0.29, 0.717) is 29.5 Å². The number of carbonyl (C=O) groups excluding carboxylic acids is 1. The van der Waals surface area contributed by atoms with Gasteiger partial charge in [0, 0.05) is 18.1 Å². The predicted molar refractivity (Wildman–Crippen MR) is 105 cm³/mol. The van der Waals surface area contributed by atoms with Gasteiger partial charge in [0.25, 0.3) is 15.9 Å². The summed E-state index contributed by atoms with van der Waals surface area (Å²) in [6.07, 6.45) is -0.901. The third-order valence-corrected chi connectivity index (χ3v) is 6.53. The largest absolute Gasteiger partial charge is 0.476 e. The normalized spacial score (nSPS) is 16.4. The molecule has 2 aromatic carbocycles. The van der Waals surface area contributed by atoms with Crippen molar-refractivity contribution in [3.63, 3.8) is 0 Å². The highest BCUT2D eigenvalue weighted by Crippen LogP contribution is 2.37. The van der Waals surface area contributed by atoms with E-state index < -0.39 is 16.1 Å². The SMILES string of the molecule is CCN(CC)C(=O)[C@H]1CN(S(=O)(=O)c2ccc(Cl)cc2)c2ccccc2O1. The standard InChI is InChI=1S/C19H21ClN2O4S/c1-3-21(4-2)19(23)18-13-22(16-7-5-6-8-17(16)26-18)27(24,25)15-11-9-14(20)10-12-15/h5-12,18H,3-4,13H2,1-2H3/t18-/m1/s1. The lowest BCUT2D eigenvalue weighted by Crippen LogP contribution is -2.51. The van der Waals surface area contributed by atoms with Crippen LogP contribution in [0, 0.1) is 0 Å². The van der Waals surface area contributed by atoms with Crippen molar-refractivity contribution in [2.24, 2.45) is 0 Å². The number of amides is 1. The van der Waals surface area contributed by atoms with E-state index >= 15 is 0 Å². The number of likely N-dealkylation sites (N-methyl/N-ethyl adjacent to an activating group) is 1. The van der Waals surface area contributed by atoms with Crippen molar-refractivity contribution in [2.75, 3.05) is 23.9 Å². The number of halogens is 1. The number of anilines is 1. The second kappa shape index (κ2) is 7.78.